The van der Waals surface area contributed by atoms with E-state index in [1.54, 1.807) is 35.3 Å². The third kappa shape index (κ3) is 3.55. The second-order valence-corrected chi connectivity index (χ2v) is 8.04. The van der Waals surface area contributed by atoms with Crippen molar-refractivity contribution in [2.45, 2.75) is 39.2 Å². The van der Waals surface area contributed by atoms with Crippen LogP contribution in [0.15, 0.2) is 28.5 Å². The number of carbonyl (C=O) groups is 1. The minimum absolute atomic E-state index is 0.0385. The maximum atomic E-state index is 12.0. The molecule has 0 amide bonds. The molecule has 25 heavy (non-hydrogen) atoms. The van der Waals surface area contributed by atoms with Crippen LogP contribution in [0.1, 0.15) is 45.2 Å². The van der Waals surface area contributed by atoms with Crippen molar-refractivity contribution in [3.05, 3.63) is 67.6 Å². The van der Waals surface area contributed by atoms with Gasteiger partial charge in [-0.1, -0.05) is 6.07 Å². The molecule has 3 rings (SSSR count). The van der Waals surface area contributed by atoms with E-state index in [1.807, 2.05) is 19.2 Å². The summed E-state index contributed by atoms with van der Waals surface area (Å²) in [6.07, 6.45) is 1.74. The van der Waals surface area contributed by atoms with Gasteiger partial charge in [-0.2, -0.15) is 11.8 Å². The Kier molecular flexibility index (Phi) is 5.11. The first-order chi connectivity index (χ1) is 11.9. The topological polar surface area (TPSA) is 51.4 Å². The number of aromatic nitrogens is 2. The molecule has 0 radical (unpaired) electrons. The first-order valence-electron chi connectivity index (χ1n) is 8.02. The Balaban J connectivity index is 1.80. The Labute approximate surface area is 154 Å². The van der Waals surface area contributed by atoms with Crippen molar-refractivity contribution in [3.63, 3.8) is 0 Å². The Morgan fingerprint density at radius 2 is 1.96 bits per heavy atom. The number of hydrogen-bond donors (Lipinski definition) is 0. The largest absolute Gasteiger partial charge is 0.294 e. The van der Waals surface area contributed by atoms with Crippen LogP contribution in [0.3, 0.4) is 0 Å². The molecule has 0 aliphatic rings. The van der Waals surface area contributed by atoms with Crippen LogP contribution in [0.2, 0.25) is 0 Å². The van der Waals surface area contributed by atoms with Crippen molar-refractivity contribution in [3.8, 4) is 0 Å². The number of carbonyl (C=O) groups excluding carboxylic acids is 1. The van der Waals surface area contributed by atoms with Gasteiger partial charge in [0.05, 0.1) is 5.69 Å². The molecular formula is C19H20N2O2S2. The molecule has 2 aromatic heterocycles. The number of thioether (sulfide) groups is 1. The molecule has 3 aromatic rings. The van der Waals surface area contributed by atoms with Crippen molar-refractivity contribution < 1.29 is 4.79 Å². The zero-order valence-electron chi connectivity index (χ0n) is 14.8. The van der Waals surface area contributed by atoms with Gasteiger partial charge in [-0.05, 0) is 49.9 Å². The molecule has 6 heteroatoms. The molecule has 0 unspecified atom stereocenters. The number of Topliss-reactive ketones (excluding diaryl/α,β-unsaturated/α-hetero) is 1. The van der Waals surface area contributed by atoms with Gasteiger partial charge in [0.2, 0.25) is 0 Å². The summed E-state index contributed by atoms with van der Waals surface area (Å²) in [5, 5.41) is 1.86. The monoisotopic (exact) mass is 372 g/mol. The highest BCUT2D eigenvalue weighted by Crippen LogP contribution is 2.27. The summed E-state index contributed by atoms with van der Waals surface area (Å²) in [4.78, 5) is 29.2. The molecule has 0 spiro atoms. The molecular weight excluding hydrogens is 352 g/mol. The van der Waals surface area contributed by atoms with Crippen LogP contribution >= 0.6 is 23.1 Å². The summed E-state index contributed by atoms with van der Waals surface area (Å²) in [5.41, 5.74) is 6.10. The molecule has 0 saturated heterocycles. The lowest BCUT2D eigenvalue weighted by Gasteiger charge is -2.15. The molecule has 0 saturated carbocycles. The Bertz CT molecular complexity index is 1020. The third-order valence-electron chi connectivity index (χ3n) is 4.34. The van der Waals surface area contributed by atoms with E-state index in [1.165, 1.54) is 22.5 Å². The van der Waals surface area contributed by atoms with E-state index in [0.29, 0.717) is 5.75 Å². The van der Waals surface area contributed by atoms with Crippen LogP contribution in [-0.2, 0) is 11.5 Å². The summed E-state index contributed by atoms with van der Waals surface area (Å²) in [5.74, 6) is 1.58. The quantitative estimate of drug-likeness (QED) is 0.626. The van der Waals surface area contributed by atoms with E-state index in [4.69, 9.17) is 0 Å². The molecule has 4 nitrogen and oxygen atoms in total. The fourth-order valence-electron chi connectivity index (χ4n) is 3.21. The molecule has 0 bridgehead atoms. The molecule has 1 aromatic carbocycles. The second kappa shape index (κ2) is 7.14. The van der Waals surface area contributed by atoms with Gasteiger partial charge in [0.15, 0.2) is 10.7 Å². The molecule has 0 fully saturated rings. The molecule has 130 valence electrons. The van der Waals surface area contributed by atoms with E-state index in [0.717, 1.165) is 33.1 Å². The number of benzene rings is 1. The molecule has 0 N–H and O–H groups in total. The minimum Gasteiger partial charge on any atom is -0.294 e. The number of hydrogen-bond acceptors (Lipinski definition) is 5. The third-order valence-corrected chi connectivity index (χ3v) is 6.08. The summed E-state index contributed by atoms with van der Waals surface area (Å²) in [7, 11) is 0. The second-order valence-electron chi connectivity index (χ2n) is 6.18. The summed E-state index contributed by atoms with van der Waals surface area (Å²) in [6.45, 7) is 7.72. The van der Waals surface area contributed by atoms with Gasteiger partial charge in [-0.25, -0.2) is 4.98 Å². The van der Waals surface area contributed by atoms with E-state index in [-0.39, 0.29) is 11.3 Å². The fraction of sp³-hybridized carbons (Fsp3) is 0.316. The van der Waals surface area contributed by atoms with Gasteiger partial charge in [-0.15, -0.1) is 11.3 Å². The van der Waals surface area contributed by atoms with Crippen molar-refractivity contribution in [2.75, 3.05) is 0 Å². The number of fused-ring (bicyclic) bond motifs is 1. The lowest BCUT2D eigenvalue weighted by atomic mass is 9.92. The smallest absolute Gasteiger partial charge is 0.258 e. The summed E-state index contributed by atoms with van der Waals surface area (Å²) < 4.78 is 1.56. The minimum atomic E-state index is -0.0385. The molecule has 0 aliphatic carbocycles. The SMILES string of the molecule is CC(=O)c1c(C)cc(C)c(CSCc2cc(=O)n3ccsc3n2)c1C. The van der Waals surface area contributed by atoms with Crippen molar-refractivity contribution in [1.82, 2.24) is 9.38 Å². The van der Waals surface area contributed by atoms with E-state index in [2.05, 4.69) is 18.0 Å². The first-order valence-corrected chi connectivity index (χ1v) is 10.1. The van der Waals surface area contributed by atoms with Gasteiger partial charge in [0, 0.05) is 34.7 Å². The van der Waals surface area contributed by atoms with Gasteiger partial charge in [0.25, 0.3) is 5.56 Å². The number of nitrogens with zero attached hydrogens (tertiary/aromatic N) is 2. The number of thiazole rings is 1. The number of ketones is 1. The highest BCUT2D eigenvalue weighted by Gasteiger charge is 2.14. The molecule has 0 atom stereocenters. The van der Waals surface area contributed by atoms with Gasteiger partial charge < -0.3 is 0 Å². The average Bonchev–Trinajstić information content (AvgIpc) is 2.98. The van der Waals surface area contributed by atoms with E-state index < -0.39 is 0 Å². The van der Waals surface area contributed by atoms with Gasteiger partial charge >= 0.3 is 0 Å². The van der Waals surface area contributed by atoms with Crippen LogP contribution in [0, 0.1) is 20.8 Å². The maximum Gasteiger partial charge on any atom is 0.258 e. The lowest BCUT2D eigenvalue weighted by molar-refractivity contribution is 0.101. The average molecular weight is 373 g/mol. The highest BCUT2D eigenvalue weighted by molar-refractivity contribution is 7.97. The van der Waals surface area contributed by atoms with Crippen LogP contribution in [-0.4, -0.2) is 15.2 Å². The molecule has 2 heterocycles. The Morgan fingerprint density at radius 3 is 2.68 bits per heavy atom. The van der Waals surface area contributed by atoms with Crippen LogP contribution in [0.5, 0.6) is 0 Å². The normalized spacial score (nSPS) is 11.2. The zero-order chi connectivity index (χ0) is 18.1. The van der Waals surface area contributed by atoms with Gasteiger partial charge in [-0.3, -0.25) is 14.0 Å². The van der Waals surface area contributed by atoms with Crippen LogP contribution < -0.4 is 5.56 Å². The van der Waals surface area contributed by atoms with Crippen LogP contribution in [0.25, 0.3) is 4.96 Å². The lowest BCUT2D eigenvalue weighted by Crippen LogP contribution is -2.12. The number of aryl methyl sites for hydroxylation is 2. The van der Waals surface area contributed by atoms with E-state index >= 15 is 0 Å². The fourth-order valence-corrected chi connectivity index (χ4v) is 5.06. The highest BCUT2D eigenvalue weighted by atomic mass is 32.2. The first kappa shape index (κ1) is 17.9. The number of rotatable bonds is 5. The van der Waals surface area contributed by atoms with Gasteiger partial charge in [0.1, 0.15) is 0 Å². The van der Waals surface area contributed by atoms with E-state index in [9.17, 15) is 9.59 Å². The summed E-state index contributed by atoms with van der Waals surface area (Å²) >= 11 is 3.18. The van der Waals surface area contributed by atoms with Crippen molar-refractivity contribution in [2.24, 2.45) is 0 Å². The standard InChI is InChI=1S/C19H20N2O2S2/c1-11-7-12(2)18(14(4)22)13(3)16(11)10-24-9-15-8-17(23)21-5-6-25-19(21)20-15/h5-8H,9-10H2,1-4H3. The van der Waals surface area contributed by atoms with Crippen molar-refractivity contribution in [1.29, 1.82) is 0 Å². The Morgan fingerprint density at radius 1 is 1.20 bits per heavy atom. The van der Waals surface area contributed by atoms with Crippen molar-refractivity contribution >= 4 is 33.8 Å². The maximum absolute atomic E-state index is 12.0. The predicted molar refractivity (Wildman–Crippen MR) is 105 cm³/mol. The Hall–Kier alpha value is -1.92. The predicted octanol–water partition coefficient (Wildman–Crippen LogP) is 4.32. The van der Waals surface area contributed by atoms with Crippen LogP contribution in [0.4, 0.5) is 0 Å². The zero-order valence-corrected chi connectivity index (χ0v) is 16.4. The molecule has 0 aliphatic heterocycles. The summed E-state index contributed by atoms with van der Waals surface area (Å²) in [6, 6.07) is 3.69.